The van der Waals surface area contributed by atoms with Crippen LogP contribution in [0.15, 0.2) is 6.07 Å². The van der Waals surface area contributed by atoms with Crippen LogP contribution < -0.4 is 0 Å². The van der Waals surface area contributed by atoms with Crippen molar-refractivity contribution in [3.8, 4) is 0 Å². The minimum absolute atomic E-state index is 0.0726. The van der Waals surface area contributed by atoms with Gasteiger partial charge in [-0.25, -0.2) is 4.79 Å². The number of aliphatic carboxylic acids is 1. The molecule has 1 saturated heterocycles. The lowest BCUT2D eigenvalue weighted by atomic mass is 9.90. The van der Waals surface area contributed by atoms with E-state index in [1.165, 1.54) is 26.7 Å². The van der Waals surface area contributed by atoms with E-state index in [9.17, 15) is 14.7 Å². The maximum atomic E-state index is 12.6. The van der Waals surface area contributed by atoms with Crippen molar-refractivity contribution in [2.24, 2.45) is 5.92 Å². The predicted molar refractivity (Wildman–Crippen MR) is 78.8 cm³/mol. The van der Waals surface area contributed by atoms with Crippen molar-refractivity contribution in [1.82, 2.24) is 4.90 Å². The lowest BCUT2D eigenvalue weighted by Gasteiger charge is -2.32. The second-order valence-electron chi connectivity index (χ2n) is 5.83. The number of carbonyl (C=O) groups excluding carboxylic acids is 1. The van der Waals surface area contributed by atoms with E-state index in [2.05, 4.69) is 6.92 Å². The Balaban J connectivity index is 1.83. The van der Waals surface area contributed by atoms with E-state index >= 15 is 0 Å². The van der Waals surface area contributed by atoms with Crippen LogP contribution in [0.5, 0.6) is 0 Å². The van der Waals surface area contributed by atoms with E-state index in [0.717, 1.165) is 19.3 Å². The summed E-state index contributed by atoms with van der Waals surface area (Å²) in [5.74, 6) is -0.513. The quantitative estimate of drug-likeness (QED) is 0.904. The molecule has 0 aromatic carbocycles. The molecule has 2 atom stereocenters. The number of carboxylic acid groups (broad SMARTS) is 1. The largest absolute Gasteiger partial charge is 0.480 e. The van der Waals surface area contributed by atoms with Gasteiger partial charge in [0.15, 0.2) is 6.04 Å². The SMILES string of the molecule is C[C@@H]1CCc2sc(C(=O)N3CCOC[C@H]3C(=O)O)cc2C1. The van der Waals surface area contributed by atoms with Gasteiger partial charge in [-0.2, -0.15) is 0 Å². The molecule has 0 radical (unpaired) electrons. The number of aryl methyl sites for hydroxylation is 1. The van der Waals surface area contributed by atoms with E-state index < -0.39 is 12.0 Å². The maximum absolute atomic E-state index is 12.6. The molecule has 6 heteroatoms. The second kappa shape index (κ2) is 5.77. The fraction of sp³-hybridized carbons (Fsp3) is 0.600. The molecule has 5 nitrogen and oxygen atoms in total. The van der Waals surface area contributed by atoms with Crippen molar-refractivity contribution in [2.75, 3.05) is 19.8 Å². The zero-order valence-corrected chi connectivity index (χ0v) is 12.8. The highest BCUT2D eigenvalue weighted by Crippen LogP contribution is 2.33. The minimum Gasteiger partial charge on any atom is -0.480 e. The maximum Gasteiger partial charge on any atom is 0.328 e. The number of carbonyl (C=O) groups is 2. The molecule has 0 unspecified atom stereocenters. The monoisotopic (exact) mass is 309 g/mol. The van der Waals surface area contributed by atoms with Gasteiger partial charge in [-0.15, -0.1) is 11.3 Å². The molecule has 1 aliphatic heterocycles. The second-order valence-corrected chi connectivity index (χ2v) is 6.97. The van der Waals surface area contributed by atoms with Gasteiger partial charge in [-0.1, -0.05) is 6.92 Å². The fourth-order valence-electron chi connectivity index (χ4n) is 3.00. The highest BCUT2D eigenvalue weighted by Gasteiger charge is 2.34. The summed E-state index contributed by atoms with van der Waals surface area (Å²) in [4.78, 5) is 27.3. The van der Waals surface area contributed by atoms with Crippen LogP contribution in [0.2, 0.25) is 0 Å². The van der Waals surface area contributed by atoms with Gasteiger partial charge < -0.3 is 14.7 Å². The number of rotatable bonds is 2. The summed E-state index contributed by atoms with van der Waals surface area (Å²) in [7, 11) is 0. The van der Waals surface area contributed by atoms with Crippen LogP contribution in [-0.4, -0.2) is 47.7 Å². The van der Waals surface area contributed by atoms with Crippen molar-refractivity contribution in [3.05, 3.63) is 21.4 Å². The number of carboxylic acids is 1. The van der Waals surface area contributed by atoms with Crippen LogP contribution in [0.1, 0.15) is 33.5 Å². The summed E-state index contributed by atoms with van der Waals surface area (Å²) in [6, 6.07) is 1.09. The molecule has 3 rings (SSSR count). The Morgan fingerprint density at radius 1 is 1.48 bits per heavy atom. The zero-order valence-electron chi connectivity index (χ0n) is 12.0. The molecule has 1 fully saturated rings. The lowest BCUT2D eigenvalue weighted by molar-refractivity contribution is -0.147. The number of hydrogen-bond acceptors (Lipinski definition) is 4. The normalized spacial score (nSPS) is 25.5. The van der Waals surface area contributed by atoms with Crippen LogP contribution in [0.3, 0.4) is 0 Å². The highest BCUT2D eigenvalue weighted by molar-refractivity contribution is 7.14. The Kier molecular flexibility index (Phi) is 3.99. The van der Waals surface area contributed by atoms with Gasteiger partial charge in [-0.05, 0) is 36.8 Å². The molecule has 114 valence electrons. The number of hydrogen-bond donors (Lipinski definition) is 1. The number of fused-ring (bicyclic) bond motifs is 1. The third kappa shape index (κ3) is 2.82. The molecule has 1 aromatic heterocycles. The molecule has 21 heavy (non-hydrogen) atoms. The Hall–Kier alpha value is -1.40. The van der Waals surface area contributed by atoms with Crippen molar-refractivity contribution in [2.45, 2.75) is 32.2 Å². The van der Waals surface area contributed by atoms with Gasteiger partial charge in [0.2, 0.25) is 0 Å². The number of thiophene rings is 1. The number of nitrogens with zero attached hydrogens (tertiary/aromatic N) is 1. The first-order valence-electron chi connectivity index (χ1n) is 7.29. The molecule has 0 saturated carbocycles. The highest BCUT2D eigenvalue weighted by atomic mass is 32.1. The Labute approximate surface area is 127 Å². The van der Waals surface area contributed by atoms with E-state index in [-0.39, 0.29) is 12.5 Å². The molecular weight excluding hydrogens is 290 g/mol. The average molecular weight is 309 g/mol. The number of amides is 1. The molecule has 1 aromatic rings. The third-order valence-electron chi connectivity index (χ3n) is 4.21. The summed E-state index contributed by atoms with van der Waals surface area (Å²) < 4.78 is 5.18. The van der Waals surface area contributed by atoms with Crippen LogP contribution in [0, 0.1) is 5.92 Å². The van der Waals surface area contributed by atoms with Gasteiger partial charge in [0.25, 0.3) is 5.91 Å². The van der Waals surface area contributed by atoms with Gasteiger partial charge >= 0.3 is 5.97 Å². The Bertz CT molecular complexity index is 568. The van der Waals surface area contributed by atoms with E-state index in [1.807, 2.05) is 6.07 Å². The summed E-state index contributed by atoms with van der Waals surface area (Å²) in [5.41, 5.74) is 1.27. The average Bonchev–Trinajstić information content (AvgIpc) is 2.89. The Morgan fingerprint density at radius 3 is 3.05 bits per heavy atom. The predicted octanol–water partition coefficient (Wildman–Crippen LogP) is 1.80. The van der Waals surface area contributed by atoms with Gasteiger partial charge in [0.05, 0.1) is 18.1 Å². The van der Waals surface area contributed by atoms with Crippen LogP contribution in [0.25, 0.3) is 0 Å². The zero-order chi connectivity index (χ0) is 15.0. The molecule has 0 bridgehead atoms. The third-order valence-corrected chi connectivity index (χ3v) is 5.44. The molecule has 0 spiro atoms. The van der Waals surface area contributed by atoms with Crippen molar-refractivity contribution in [1.29, 1.82) is 0 Å². The van der Waals surface area contributed by atoms with Crippen LogP contribution in [-0.2, 0) is 22.4 Å². The van der Waals surface area contributed by atoms with Gasteiger partial charge in [0.1, 0.15) is 0 Å². The van der Waals surface area contributed by atoms with E-state index in [4.69, 9.17) is 4.74 Å². The van der Waals surface area contributed by atoms with Crippen LogP contribution >= 0.6 is 11.3 Å². The van der Waals surface area contributed by atoms with Crippen LogP contribution in [0.4, 0.5) is 0 Å². The van der Waals surface area contributed by atoms with E-state index in [1.54, 1.807) is 0 Å². The molecule has 2 heterocycles. The first-order valence-corrected chi connectivity index (χ1v) is 8.11. The minimum atomic E-state index is -1.00. The summed E-state index contributed by atoms with van der Waals surface area (Å²) in [6.07, 6.45) is 3.21. The topological polar surface area (TPSA) is 66.8 Å². The molecule has 2 aliphatic rings. The summed E-state index contributed by atoms with van der Waals surface area (Å²) >= 11 is 1.53. The van der Waals surface area contributed by atoms with Gasteiger partial charge in [0, 0.05) is 11.4 Å². The summed E-state index contributed by atoms with van der Waals surface area (Å²) in [5, 5.41) is 9.23. The molecule has 1 amide bonds. The smallest absolute Gasteiger partial charge is 0.328 e. The van der Waals surface area contributed by atoms with E-state index in [0.29, 0.717) is 23.9 Å². The standard InChI is InChI=1S/C15H19NO4S/c1-9-2-3-12-10(6-9)7-13(21-12)14(17)16-4-5-20-8-11(16)15(18)19/h7,9,11H,2-6,8H2,1H3,(H,18,19)/t9-,11+/m1/s1. The lowest BCUT2D eigenvalue weighted by Crippen LogP contribution is -2.52. The first-order chi connectivity index (χ1) is 10.1. The fourth-order valence-corrected chi connectivity index (χ4v) is 4.17. The first kappa shape index (κ1) is 14.5. The Morgan fingerprint density at radius 2 is 2.29 bits per heavy atom. The summed E-state index contributed by atoms with van der Waals surface area (Å²) in [6.45, 7) is 3.04. The van der Waals surface area contributed by atoms with Crippen molar-refractivity contribution >= 4 is 23.2 Å². The molecule has 1 aliphatic carbocycles. The molecule has 1 N–H and O–H groups in total. The number of morpholine rings is 1. The van der Waals surface area contributed by atoms with Crippen molar-refractivity contribution in [3.63, 3.8) is 0 Å². The number of ether oxygens (including phenoxy) is 1. The molecular formula is C15H19NO4S. The van der Waals surface area contributed by atoms with Gasteiger partial charge in [-0.3, -0.25) is 4.79 Å². The van der Waals surface area contributed by atoms with Crippen molar-refractivity contribution < 1.29 is 19.4 Å².